The van der Waals surface area contributed by atoms with E-state index in [9.17, 15) is 4.79 Å². The summed E-state index contributed by atoms with van der Waals surface area (Å²) in [4.78, 5) is 16.8. The molecule has 1 aliphatic carbocycles. The predicted molar refractivity (Wildman–Crippen MR) is 121 cm³/mol. The number of nitrogens with zero attached hydrogens (tertiary/aromatic N) is 3. The van der Waals surface area contributed by atoms with Gasteiger partial charge in [-0.05, 0) is 51.2 Å². The fourth-order valence-corrected chi connectivity index (χ4v) is 3.97. The number of amides is 1. The Morgan fingerprint density at radius 3 is 2.74 bits per heavy atom. The highest BCUT2D eigenvalue weighted by molar-refractivity contribution is 5.68. The SMILES string of the molecule is CCCCCCOC(=O)NCc1c(-c2ccc(OC3CCCCC3)c(C)n2)cnn1C. The van der Waals surface area contributed by atoms with Crippen molar-refractivity contribution >= 4 is 6.09 Å². The molecule has 0 saturated heterocycles. The summed E-state index contributed by atoms with van der Waals surface area (Å²) in [5.41, 5.74) is 3.48. The molecule has 1 aliphatic rings. The zero-order valence-electron chi connectivity index (χ0n) is 19.2. The van der Waals surface area contributed by atoms with Gasteiger partial charge in [-0.2, -0.15) is 5.10 Å². The molecule has 7 nitrogen and oxygen atoms in total. The Labute approximate surface area is 185 Å². The molecular weight excluding hydrogens is 392 g/mol. The zero-order valence-corrected chi connectivity index (χ0v) is 19.2. The van der Waals surface area contributed by atoms with Gasteiger partial charge >= 0.3 is 6.09 Å². The van der Waals surface area contributed by atoms with Gasteiger partial charge in [0.2, 0.25) is 0 Å². The first-order chi connectivity index (χ1) is 15.1. The number of hydrogen-bond acceptors (Lipinski definition) is 5. The maximum atomic E-state index is 12.0. The van der Waals surface area contributed by atoms with Gasteiger partial charge in [0.25, 0.3) is 0 Å². The highest BCUT2D eigenvalue weighted by Gasteiger charge is 2.18. The normalized spacial score (nSPS) is 14.4. The van der Waals surface area contributed by atoms with Crippen molar-refractivity contribution in [2.75, 3.05) is 6.61 Å². The van der Waals surface area contributed by atoms with E-state index in [1.54, 1.807) is 10.9 Å². The maximum absolute atomic E-state index is 12.0. The summed E-state index contributed by atoms with van der Waals surface area (Å²) in [6.45, 7) is 4.92. The van der Waals surface area contributed by atoms with Crippen molar-refractivity contribution in [2.24, 2.45) is 7.05 Å². The second-order valence-corrected chi connectivity index (χ2v) is 8.34. The number of aryl methyl sites for hydroxylation is 2. The average molecular weight is 429 g/mol. The molecule has 0 bridgehead atoms. The summed E-state index contributed by atoms with van der Waals surface area (Å²) in [6.07, 6.45) is 12.0. The Morgan fingerprint density at radius 1 is 1.19 bits per heavy atom. The van der Waals surface area contributed by atoms with Gasteiger partial charge in [-0.1, -0.05) is 32.6 Å². The van der Waals surface area contributed by atoms with Crippen LogP contribution in [-0.2, 0) is 18.3 Å². The van der Waals surface area contributed by atoms with Gasteiger partial charge in [-0.15, -0.1) is 0 Å². The highest BCUT2D eigenvalue weighted by Crippen LogP contribution is 2.28. The van der Waals surface area contributed by atoms with Crippen molar-refractivity contribution in [3.8, 4) is 17.0 Å². The van der Waals surface area contributed by atoms with Gasteiger partial charge in [0.05, 0.1) is 42.5 Å². The summed E-state index contributed by atoms with van der Waals surface area (Å²) in [5, 5.41) is 7.20. The lowest BCUT2D eigenvalue weighted by Gasteiger charge is -2.23. The summed E-state index contributed by atoms with van der Waals surface area (Å²) in [7, 11) is 1.87. The topological polar surface area (TPSA) is 78.3 Å². The Morgan fingerprint density at radius 2 is 2.00 bits per heavy atom. The molecule has 0 radical (unpaired) electrons. The van der Waals surface area contributed by atoms with E-state index in [0.717, 1.165) is 60.5 Å². The summed E-state index contributed by atoms with van der Waals surface area (Å²) in [6, 6.07) is 3.97. The number of nitrogens with one attached hydrogen (secondary N) is 1. The molecule has 1 N–H and O–H groups in total. The Balaban J connectivity index is 1.59. The monoisotopic (exact) mass is 428 g/mol. The van der Waals surface area contributed by atoms with Crippen molar-refractivity contribution in [3.05, 3.63) is 29.7 Å². The molecular formula is C24H36N4O3. The first-order valence-corrected chi connectivity index (χ1v) is 11.6. The van der Waals surface area contributed by atoms with E-state index in [-0.39, 0.29) is 0 Å². The van der Waals surface area contributed by atoms with E-state index in [1.165, 1.54) is 25.7 Å². The number of alkyl carbamates (subject to hydrolysis) is 1. The summed E-state index contributed by atoms with van der Waals surface area (Å²) < 4.78 is 13.2. The molecule has 0 aliphatic heterocycles. The lowest BCUT2D eigenvalue weighted by atomic mass is 9.98. The Hall–Kier alpha value is -2.57. The minimum Gasteiger partial charge on any atom is -0.489 e. The van der Waals surface area contributed by atoms with Crippen LogP contribution in [0.4, 0.5) is 4.79 Å². The molecule has 31 heavy (non-hydrogen) atoms. The van der Waals surface area contributed by atoms with Crippen LogP contribution in [0.1, 0.15) is 76.1 Å². The van der Waals surface area contributed by atoms with Crippen LogP contribution in [-0.4, -0.2) is 33.6 Å². The molecule has 2 aromatic heterocycles. The van der Waals surface area contributed by atoms with Crippen LogP contribution in [0.2, 0.25) is 0 Å². The van der Waals surface area contributed by atoms with Crippen LogP contribution in [0.25, 0.3) is 11.3 Å². The van der Waals surface area contributed by atoms with E-state index in [1.807, 2.05) is 26.1 Å². The third-order valence-corrected chi connectivity index (χ3v) is 5.85. The standard InChI is InChI=1S/C24H36N4O3/c1-4-5-6-10-15-30-24(29)25-17-22-20(16-26-28(22)3)21-13-14-23(18(2)27-21)31-19-11-8-7-9-12-19/h13-14,16,19H,4-12,15,17H2,1-3H3,(H,25,29). The smallest absolute Gasteiger partial charge is 0.407 e. The van der Waals surface area contributed by atoms with Gasteiger partial charge in [-0.3, -0.25) is 4.68 Å². The van der Waals surface area contributed by atoms with E-state index in [0.29, 0.717) is 19.3 Å². The summed E-state index contributed by atoms with van der Waals surface area (Å²) >= 11 is 0. The molecule has 2 aromatic rings. The first kappa shape index (κ1) is 23.1. The lowest BCUT2D eigenvalue weighted by molar-refractivity contribution is 0.143. The minimum absolute atomic E-state index is 0.297. The van der Waals surface area contributed by atoms with Crippen LogP contribution in [0.3, 0.4) is 0 Å². The molecule has 1 fully saturated rings. The van der Waals surface area contributed by atoms with E-state index in [2.05, 4.69) is 17.3 Å². The van der Waals surface area contributed by atoms with E-state index in [4.69, 9.17) is 14.5 Å². The number of aromatic nitrogens is 3. The fourth-order valence-electron chi connectivity index (χ4n) is 3.97. The van der Waals surface area contributed by atoms with Gasteiger partial charge < -0.3 is 14.8 Å². The molecule has 0 spiro atoms. The van der Waals surface area contributed by atoms with E-state index < -0.39 is 6.09 Å². The van der Waals surface area contributed by atoms with E-state index >= 15 is 0 Å². The number of unbranched alkanes of at least 4 members (excludes halogenated alkanes) is 3. The van der Waals surface area contributed by atoms with Crippen molar-refractivity contribution in [1.82, 2.24) is 20.1 Å². The number of carbonyl (C=O) groups is 1. The fraction of sp³-hybridized carbons (Fsp3) is 0.625. The average Bonchev–Trinajstić information content (AvgIpc) is 3.14. The molecule has 0 aromatic carbocycles. The third-order valence-electron chi connectivity index (χ3n) is 5.85. The molecule has 1 amide bonds. The van der Waals surface area contributed by atoms with Crippen molar-refractivity contribution in [1.29, 1.82) is 0 Å². The van der Waals surface area contributed by atoms with Crippen LogP contribution < -0.4 is 10.1 Å². The van der Waals surface area contributed by atoms with Crippen LogP contribution in [0, 0.1) is 6.92 Å². The highest BCUT2D eigenvalue weighted by atomic mass is 16.5. The van der Waals surface area contributed by atoms with Crippen molar-refractivity contribution in [3.63, 3.8) is 0 Å². The summed E-state index contributed by atoms with van der Waals surface area (Å²) in [5.74, 6) is 0.853. The zero-order chi connectivity index (χ0) is 22.1. The largest absolute Gasteiger partial charge is 0.489 e. The molecule has 0 atom stereocenters. The molecule has 170 valence electrons. The van der Waals surface area contributed by atoms with Gasteiger partial charge in [0.15, 0.2) is 0 Å². The van der Waals surface area contributed by atoms with Crippen molar-refractivity contribution < 1.29 is 14.3 Å². The number of pyridine rings is 1. The van der Waals surface area contributed by atoms with Gasteiger partial charge in [0, 0.05) is 12.6 Å². The van der Waals surface area contributed by atoms with Crippen LogP contribution in [0.5, 0.6) is 5.75 Å². The Bertz CT molecular complexity index is 843. The molecule has 0 unspecified atom stereocenters. The first-order valence-electron chi connectivity index (χ1n) is 11.6. The van der Waals surface area contributed by atoms with Gasteiger partial charge in [0.1, 0.15) is 5.75 Å². The number of ether oxygens (including phenoxy) is 2. The number of carbonyl (C=O) groups excluding carboxylic acids is 1. The minimum atomic E-state index is -0.399. The number of hydrogen-bond donors (Lipinski definition) is 1. The van der Waals surface area contributed by atoms with Crippen LogP contribution in [0.15, 0.2) is 18.3 Å². The molecule has 3 rings (SSSR count). The van der Waals surface area contributed by atoms with Gasteiger partial charge in [-0.25, -0.2) is 9.78 Å². The maximum Gasteiger partial charge on any atom is 0.407 e. The number of rotatable bonds is 10. The quantitative estimate of drug-likeness (QED) is 0.519. The van der Waals surface area contributed by atoms with Crippen LogP contribution >= 0.6 is 0 Å². The Kier molecular flexibility index (Phi) is 8.74. The molecule has 1 saturated carbocycles. The lowest BCUT2D eigenvalue weighted by Crippen LogP contribution is -2.25. The molecule has 7 heteroatoms. The molecule has 2 heterocycles. The predicted octanol–water partition coefficient (Wildman–Crippen LogP) is 5.31. The second kappa shape index (κ2) is 11.7. The van der Waals surface area contributed by atoms with Crippen molar-refractivity contribution in [2.45, 2.75) is 84.3 Å². The third kappa shape index (κ3) is 6.71. The second-order valence-electron chi connectivity index (χ2n) is 8.34.